The molecule has 8 rings (SSSR count). The molecule has 1 aliphatic heterocycles. The van der Waals surface area contributed by atoms with Crippen LogP contribution < -0.4 is 10.6 Å². The molecular weight excluding hydrogens is 663 g/mol. The summed E-state index contributed by atoms with van der Waals surface area (Å²) in [5.41, 5.74) is 9.04. The topological polar surface area (TPSA) is 27.3 Å². The largest absolute Gasteiger partial charge is 0.313 e. The third-order valence-electron chi connectivity index (χ3n) is 13.3. The lowest BCUT2D eigenvalue weighted by Gasteiger charge is -2.40. The van der Waals surface area contributed by atoms with E-state index in [1.807, 2.05) is 0 Å². The molecule has 1 fully saturated rings. The van der Waals surface area contributed by atoms with E-state index in [1.54, 1.807) is 5.57 Å². The molecule has 9 atom stereocenters. The van der Waals surface area contributed by atoms with Crippen molar-refractivity contribution in [2.75, 3.05) is 20.8 Å². The van der Waals surface area contributed by atoms with Crippen molar-refractivity contribution in [2.45, 2.75) is 92.3 Å². The van der Waals surface area contributed by atoms with Gasteiger partial charge >= 0.3 is 0 Å². The molecule has 3 nitrogen and oxygen atoms in total. The Morgan fingerprint density at radius 2 is 1.74 bits per heavy atom. The SMILES string of the molecule is CNC(CC(c1cccc(C2=CCC(C)(c3ccccc3)CC2)c1)N(C)CNC1CC2SC3CCC=CC3C2=CC1C1C=CC=CC1)c1ccccc1. The minimum Gasteiger partial charge on any atom is -0.313 e. The van der Waals surface area contributed by atoms with E-state index in [9.17, 15) is 0 Å². The Bertz CT molecular complexity index is 1840. The maximum absolute atomic E-state index is 4.21. The van der Waals surface area contributed by atoms with Crippen LogP contribution in [0.4, 0.5) is 0 Å². The monoisotopic (exact) mass is 721 g/mol. The highest BCUT2D eigenvalue weighted by Crippen LogP contribution is 2.52. The predicted octanol–water partition coefficient (Wildman–Crippen LogP) is 11.0. The molecular formula is C49H59N3S. The number of nitrogens with one attached hydrogen (secondary N) is 2. The predicted molar refractivity (Wildman–Crippen MR) is 227 cm³/mol. The molecule has 0 spiro atoms. The van der Waals surface area contributed by atoms with Crippen LogP contribution in [0.3, 0.4) is 0 Å². The molecule has 0 aromatic heterocycles. The van der Waals surface area contributed by atoms with E-state index in [0.717, 1.165) is 37.6 Å². The molecule has 0 amide bonds. The van der Waals surface area contributed by atoms with Crippen LogP contribution in [-0.2, 0) is 5.41 Å². The van der Waals surface area contributed by atoms with Gasteiger partial charge in [0.05, 0.1) is 0 Å². The molecule has 3 aromatic rings. The highest BCUT2D eigenvalue weighted by atomic mass is 32.2. The molecule has 1 heterocycles. The molecule has 1 saturated heterocycles. The third-order valence-corrected chi connectivity index (χ3v) is 15.0. The Kier molecular flexibility index (Phi) is 11.4. The van der Waals surface area contributed by atoms with Crippen molar-refractivity contribution < 1.29 is 0 Å². The van der Waals surface area contributed by atoms with Crippen molar-refractivity contribution in [2.24, 2.45) is 17.8 Å². The Morgan fingerprint density at radius 1 is 0.925 bits per heavy atom. The minimum absolute atomic E-state index is 0.203. The summed E-state index contributed by atoms with van der Waals surface area (Å²) in [6.07, 6.45) is 28.9. The number of rotatable bonds is 12. The summed E-state index contributed by atoms with van der Waals surface area (Å²) in [7, 11) is 4.47. The van der Waals surface area contributed by atoms with Crippen LogP contribution in [0.1, 0.15) is 92.6 Å². The first kappa shape index (κ1) is 36.6. The fraction of sp³-hybridized carbons (Fsp3) is 0.429. The molecule has 9 unspecified atom stereocenters. The van der Waals surface area contributed by atoms with Gasteiger partial charge in [0.1, 0.15) is 0 Å². The quantitative estimate of drug-likeness (QED) is 0.144. The number of thioether (sulfide) groups is 1. The van der Waals surface area contributed by atoms with Crippen LogP contribution in [0.15, 0.2) is 139 Å². The lowest BCUT2D eigenvalue weighted by Crippen LogP contribution is -2.48. The smallest absolute Gasteiger partial charge is 0.0485 e. The summed E-state index contributed by atoms with van der Waals surface area (Å²) in [5, 5.41) is 9.30. The first-order valence-electron chi connectivity index (χ1n) is 20.4. The summed E-state index contributed by atoms with van der Waals surface area (Å²) in [4.78, 5) is 2.60. The number of allylic oxidation sites excluding steroid dienone is 8. The van der Waals surface area contributed by atoms with Gasteiger partial charge in [-0.2, -0.15) is 0 Å². The molecule has 276 valence electrons. The third kappa shape index (κ3) is 8.03. The van der Waals surface area contributed by atoms with E-state index >= 15 is 0 Å². The van der Waals surface area contributed by atoms with Gasteiger partial charge in [-0.05, 0) is 117 Å². The van der Waals surface area contributed by atoms with Gasteiger partial charge in [-0.1, -0.05) is 140 Å². The number of nitrogens with zero attached hydrogens (tertiary/aromatic N) is 1. The normalized spacial score (nSPS) is 30.3. The van der Waals surface area contributed by atoms with Gasteiger partial charge in [0.25, 0.3) is 0 Å². The van der Waals surface area contributed by atoms with Crippen molar-refractivity contribution in [3.05, 3.63) is 161 Å². The Morgan fingerprint density at radius 3 is 2.49 bits per heavy atom. The molecule has 0 bridgehead atoms. The van der Waals surface area contributed by atoms with Gasteiger partial charge in [0, 0.05) is 41.2 Å². The summed E-state index contributed by atoms with van der Waals surface area (Å²) >= 11 is 2.27. The highest BCUT2D eigenvalue weighted by Gasteiger charge is 2.44. The van der Waals surface area contributed by atoms with E-state index in [1.165, 1.54) is 53.5 Å². The van der Waals surface area contributed by atoms with Crippen LogP contribution in [0.2, 0.25) is 0 Å². The molecule has 4 aliphatic carbocycles. The first-order valence-corrected chi connectivity index (χ1v) is 21.3. The van der Waals surface area contributed by atoms with E-state index in [2.05, 4.69) is 182 Å². The van der Waals surface area contributed by atoms with Crippen LogP contribution >= 0.6 is 11.8 Å². The number of fused-ring (bicyclic) bond motifs is 3. The van der Waals surface area contributed by atoms with Gasteiger partial charge in [0.15, 0.2) is 0 Å². The maximum Gasteiger partial charge on any atom is 0.0485 e. The van der Waals surface area contributed by atoms with Crippen molar-refractivity contribution in [1.29, 1.82) is 0 Å². The summed E-state index contributed by atoms with van der Waals surface area (Å²) in [5.74, 6) is 1.72. The zero-order valence-electron chi connectivity index (χ0n) is 32.0. The summed E-state index contributed by atoms with van der Waals surface area (Å²) < 4.78 is 0. The van der Waals surface area contributed by atoms with E-state index < -0.39 is 0 Å². The molecule has 5 aliphatic rings. The second-order valence-electron chi connectivity index (χ2n) is 16.6. The highest BCUT2D eigenvalue weighted by molar-refractivity contribution is 8.01. The van der Waals surface area contributed by atoms with Gasteiger partial charge in [-0.25, -0.2) is 0 Å². The molecule has 3 aromatic carbocycles. The van der Waals surface area contributed by atoms with Gasteiger partial charge in [0.2, 0.25) is 0 Å². The number of hydrogen-bond donors (Lipinski definition) is 2. The lowest BCUT2D eigenvalue weighted by atomic mass is 9.71. The number of benzene rings is 3. The minimum atomic E-state index is 0.203. The van der Waals surface area contributed by atoms with Gasteiger partial charge in [-0.15, -0.1) is 11.8 Å². The Hall–Kier alpha value is -3.41. The number of hydrogen-bond acceptors (Lipinski definition) is 4. The first-order chi connectivity index (χ1) is 26.0. The average Bonchev–Trinajstić information content (AvgIpc) is 3.59. The molecule has 53 heavy (non-hydrogen) atoms. The van der Waals surface area contributed by atoms with Crippen molar-refractivity contribution in [1.82, 2.24) is 15.5 Å². The Labute approximate surface area is 323 Å². The van der Waals surface area contributed by atoms with Crippen LogP contribution in [0, 0.1) is 17.8 Å². The zero-order chi connectivity index (χ0) is 36.2. The van der Waals surface area contributed by atoms with E-state index in [4.69, 9.17) is 0 Å². The standard InChI is InChI=1S/C49H59N3S/c1-49(40-22-11-6-12-23-40)28-26-35(27-29-49)38-20-15-21-39(30-38)46(32-44(50-2)37-18-9-5-10-19-37)52(3)34-51-45-33-48-43(41-24-13-14-25-47(41)53-48)31-42(45)36-16-7-4-8-17-36/h4-13,15-16,18-24,26,30-31,36,41-42,44-48,50-51H,14,17,25,27-29,32-34H2,1-3H3. The van der Waals surface area contributed by atoms with E-state index in [-0.39, 0.29) is 17.5 Å². The lowest BCUT2D eigenvalue weighted by molar-refractivity contribution is 0.176. The zero-order valence-corrected chi connectivity index (χ0v) is 32.9. The van der Waals surface area contributed by atoms with Crippen LogP contribution in [0.5, 0.6) is 0 Å². The molecule has 4 heteroatoms. The molecule has 0 saturated carbocycles. The van der Waals surface area contributed by atoms with E-state index in [0.29, 0.717) is 29.0 Å². The average molecular weight is 722 g/mol. The van der Waals surface area contributed by atoms with Gasteiger partial charge in [-0.3, -0.25) is 4.90 Å². The second kappa shape index (κ2) is 16.5. The maximum atomic E-state index is 4.21. The molecule has 0 radical (unpaired) electrons. The van der Waals surface area contributed by atoms with Crippen molar-refractivity contribution >= 4 is 17.3 Å². The van der Waals surface area contributed by atoms with Crippen LogP contribution in [0.25, 0.3) is 5.57 Å². The second-order valence-corrected chi connectivity index (χ2v) is 18.0. The van der Waals surface area contributed by atoms with Crippen LogP contribution in [-0.4, -0.2) is 42.2 Å². The fourth-order valence-electron chi connectivity index (χ4n) is 10.00. The van der Waals surface area contributed by atoms with Crippen molar-refractivity contribution in [3.8, 4) is 0 Å². The summed E-state index contributed by atoms with van der Waals surface area (Å²) in [6.45, 7) is 3.30. The summed E-state index contributed by atoms with van der Waals surface area (Å²) in [6, 6.07) is 32.6. The fourth-order valence-corrected chi connectivity index (χ4v) is 11.8. The Balaban J connectivity index is 1.04. The van der Waals surface area contributed by atoms with Gasteiger partial charge < -0.3 is 10.6 Å². The molecule has 2 N–H and O–H groups in total. The van der Waals surface area contributed by atoms with Crippen molar-refractivity contribution in [3.63, 3.8) is 0 Å².